The van der Waals surface area contributed by atoms with Crippen LogP contribution in [0.2, 0.25) is 0 Å². The molecule has 0 aliphatic rings. The predicted octanol–water partition coefficient (Wildman–Crippen LogP) is 1.86. The molecule has 1 N–H and O–H groups in total. The molecule has 2 aromatic rings. The second kappa shape index (κ2) is 7.38. The Balaban J connectivity index is 1.91. The first-order valence-corrected chi connectivity index (χ1v) is 8.70. The molecule has 0 aliphatic carbocycles. The number of sulfone groups is 1. The molecule has 0 bridgehead atoms. The van der Waals surface area contributed by atoms with Gasteiger partial charge >= 0.3 is 0 Å². The Morgan fingerprint density at radius 2 is 1.91 bits per heavy atom. The summed E-state index contributed by atoms with van der Waals surface area (Å²) in [7, 11) is -3.62. The lowest BCUT2D eigenvalue weighted by molar-refractivity contribution is 0.125. The van der Waals surface area contributed by atoms with Crippen molar-refractivity contribution in [3.8, 4) is 5.75 Å². The molecule has 0 aliphatic heterocycles. The standard InChI is InChI=1S/C16H19NO4S/c1-2-13-6-8-15(9-7-13)21-11-14(18)12-22(19,20)16-5-3-4-10-17-16/h3-10,14,18H,2,11-12H2,1H3. The lowest BCUT2D eigenvalue weighted by Crippen LogP contribution is -2.27. The fourth-order valence-corrected chi connectivity index (χ4v) is 3.21. The highest BCUT2D eigenvalue weighted by atomic mass is 32.2. The summed E-state index contributed by atoms with van der Waals surface area (Å²) in [6.07, 6.45) is 1.23. The zero-order valence-electron chi connectivity index (χ0n) is 12.3. The number of nitrogens with zero attached hydrogens (tertiary/aromatic N) is 1. The maximum Gasteiger partial charge on any atom is 0.198 e. The molecule has 1 aromatic carbocycles. The molecule has 5 nitrogen and oxygen atoms in total. The van der Waals surface area contributed by atoms with E-state index < -0.39 is 21.7 Å². The van der Waals surface area contributed by atoms with Gasteiger partial charge in [0.25, 0.3) is 0 Å². The average Bonchev–Trinajstić information content (AvgIpc) is 2.54. The van der Waals surface area contributed by atoms with E-state index in [-0.39, 0.29) is 11.6 Å². The van der Waals surface area contributed by atoms with Gasteiger partial charge in [-0.3, -0.25) is 0 Å². The number of hydrogen-bond donors (Lipinski definition) is 1. The molecule has 0 spiro atoms. The van der Waals surface area contributed by atoms with Gasteiger partial charge in [-0.2, -0.15) is 0 Å². The molecule has 118 valence electrons. The summed E-state index contributed by atoms with van der Waals surface area (Å²) < 4.78 is 29.5. The Morgan fingerprint density at radius 3 is 2.50 bits per heavy atom. The van der Waals surface area contributed by atoms with Crippen LogP contribution in [0.3, 0.4) is 0 Å². The molecule has 1 heterocycles. The van der Waals surface area contributed by atoms with Gasteiger partial charge in [-0.25, -0.2) is 13.4 Å². The second-order valence-corrected chi connectivity index (χ2v) is 6.89. The maximum atomic E-state index is 12.1. The van der Waals surface area contributed by atoms with Crippen molar-refractivity contribution >= 4 is 9.84 Å². The number of hydrogen-bond acceptors (Lipinski definition) is 5. The number of aryl methyl sites for hydroxylation is 1. The minimum Gasteiger partial charge on any atom is -0.491 e. The molecule has 0 radical (unpaired) electrons. The fraction of sp³-hybridized carbons (Fsp3) is 0.312. The van der Waals surface area contributed by atoms with Crippen LogP contribution in [0.15, 0.2) is 53.7 Å². The van der Waals surface area contributed by atoms with Crippen molar-refractivity contribution in [2.45, 2.75) is 24.5 Å². The van der Waals surface area contributed by atoms with Crippen molar-refractivity contribution in [1.29, 1.82) is 0 Å². The van der Waals surface area contributed by atoms with Gasteiger partial charge < -0.3 is 9.84 Å². The van der Waals surface area contributed by atoms with Crippen LogP contribution in [-0.4, -0.2) is 37.0 Å². The van der Waals surface area contributed by atoms with Crippen molar-refractivity contribution in [1.82, 2.24) is 4.98 Å². The number of benzene rings is 1. The van der Waals surface area contributed by atoms with Crippen LogP contribution < -0.4 is 4.74 Å². The topological polar surface area (TPSA) is 76.5 Å². The minimum absolute atomic E-state index is 0.0404. The normalized spacial score (nSPS) is 12.8. The average molecular weight is 321 g/mol. The summed E-state index contributed by atoms with van der Waals surface area (Å²) in [6, 6.07) is 12.1. The van der Waals surface area contributed by atoms with Gasteiger partial charge in [0, 0.05) is 6.20 Å². The molecule has 22 heavy (non-hydrogen) atoms. The molecule has 6 heteroatoms. The van der Waals surface area contributed by atoms with Crippen molar-refractivity contribution < 1.29 is 18.3 Å². The highest BCUT2D eigenvalue weighted by Gasteiger charge is 2.21. The molecule has 0 amide bonds. The quantitative estimate of drug-likeness (QED) is 0.842. The molecule has 1 aromatic heterocycles. The first-order valence-electron chi connectivity index (χ1n) is 7.05. The van der Waals surface area contributed by atoms with E-state index in [1.165, 1.54) is 17.8 Å². The zero-order chi connectivity index (χ0) is 16.0. The molecule has 1 unspecified atom stereocenters. The third kappa shape index (κ3) is 4.54. The number of aromatic nitrogens is 1. The largest absolute Gasteiger partial charge is 0.491 e. The summed E-state index contributed by atoms with van der Waals surface area (Å²) in [6.45, 7) is 1.97. The molecule has 0 fully saturated rings. The van der Waals surface area contributed by atoms with E-state index in [4.69, 9.17) is 4.74 Å². The van der Waals surface area contributed by atoms with Crippen LogP contribution in [0, 0.1) is 0 Å². The Morgan fingerprint density at radius 1 is 1.18 bits per heavy atom. The Hall–Kier alpha value is -1.92. The van der Waals surface area contributed by atoms with Gasteiger partial charge in [-0.1, -0.05) is 25.1 Å². The van der Waals surface area contributed by atoms with Crippen LogP contribution >= 0.6 is 0 Å². The van der Waals surface area contributed by atoms with Gasteiger partial charge in [0.15, 0.2) is 14.9 Å². The third-order valence-corrected chi connectivity index (χ3v) is 4.84. The first-order chi connectivity index (χ1) is 10.5. The Bertz CT molecular complexity index is 684. The number of aliphatic hydroxyl groups is 1. The van der Waals surface area contributed by atoms with Crippen LogP contribution in [0.25, 0.3) is 0 Å². The lowest BCUT2D eigenvalue weighted by Gasteiger charge is -2.12. The smallest absolute Gasteiger partial charge is 0.198 e. The van der Waals surface area contributed by atoms with Crippen LogP contribution in [-0.2, 0) is 16.3 Å². The highest BCUT2D eigenvalue weighted by molar-refractivity contribution is 7.91. The van der Waals surface area contributed by atoms with Crippen LogP contribution in [0.5, 0.6) is 5.75 Å². The maximum absolute atomic E-state index is 12.1. The van der Waals surface area contributed by atoms with Crippen LogP contribution in [0.4, 0.5) is 0 Å². The number of aliphatic hydroxyl groups excluding tert-OH is 1. The van der Waals surface area contributed by atoms with Gasteiger partial charge in [-0.15, -0.1) is 0 Å². The van der Waals surface area contributed by atoms with Gasteiger partial charge in [-0.05, 0) is 36.2 Å². The monoisotopic (exact) mass is 321 g/mol. The van der Waals surface area contributed by atoms with E-state index in [1.807, 2.05) is 12.1 Å². The molecule has 0 saturated heterocycles. The summed E-state index contributed by atoms with van der Waals surface area (Å²) in [5, 5.41) is 9.84. The summed E-state index contributed by atoms with van der Waals surface area (Å²) in [5.41, 5.74) is 1.19. The van der Waals surface area contributed by atoms with E-state index in [2.05, 4.69) is 11.9 Å². The predicted molar refractivity (Wildman–Crippen MR) is 83.6 cm³/mol. The number of rotatable bonds is 7. The van der Waals surface area contributed by atoms with Crippen molar-refractivity contribution in [2.24, 2.45) is 0 Å². The molecule has 0 saturated carbocycles. The highest BCUT2D eigenvalue weighted by Crippen LogP contribution is 2.14. The molecule has 2 rings (SSSR count). The molecular formula is C16H19NO4S. The molecule has 1 atom stereocenters. The lowest BCUT2D eigenvalue weighted by atomic mass is 10.2. The Kier molecular flexibility index (Phi) is 5.51. The van der Waals surface area contributed by atoms with E-state index >= 15 is 0 Å². The van der Waals surface area contributed by atoms with E-state index in [0.717, 1.165) is 6.42 Å². The van der Waals surface area contributed by atoms with E-state index in [9.17, 15) is 13.5 Å². The summed E-state index contributed by atoms with van der Waals surface area (Å²) >= 11 is 0. The van der Waals surface area contributed by atoms with Gasteiger partial charge in [0.2, 0.25) is 0 Å². The third-order valence-electron chi connectivity index (χ3n) is 3.14. The fourth-order valence-electron chi connectivity index (χ4n) is 1.93. The van der Waals surface area contributed by atoms with Gasteiger partial charge in [0.1, 0.15) is 18.5 Å². The number of ether oxygens (including phenoxy) is 1. The molecular weight excluding hydrogens is 302 g/mol. The zero-order valence-corrected chi connectivity index (χ0v) is 13.2. The van der Waals surface area contributed by atoms with Crippen molar-refractivity contribution in [2.75, 3.05) is 12.4 Å². The minimum atomic E-state index is -3.62. The van der Waals surface area contributed by atoms with Crippen LogP contribution in [0.1, 0.15) is 12.5 Å². The van der Waals surface area contributed by atoms with Crippen molar-refractivity contribution in [3.63, 3.8) is 0 Å². The Labute approximate surface area is 130 Å². The summed E-state index contributed by atoms with van der Waals surface area (Å²) in [5.74, 6) is 0.184. The SMILES string of the molecule is CCc1ccc(OCC(O)CS(=O)(=O)c2ccccn2)cc1. The number of pyridine rings is 1. The first kappa shape index (κ1) is 16.5. The van der Waals surface area contributed by atoms with E-state index in [0.29, 0.717) is 5.75 Å². The second-order valence-electron chi connectivity index (χ2n) is 4.91. The van der Waals surface area contributed by atoms with Crippen molar-refractivity contribution in [3.05, 3.63) is 54.2 Å². The van der Waals surface area contributed by atoms with Gasteiger partial charge in [0.05, 0.1) is 5.75 Å². The summed E-state index contributed by atoms with van der Waals surface area (Å²) in [4.78, 5) is 3.80. The van der Waals surface area contributed by atoms with E-state index in [1.54, 1.807) is 24.3 Å².